The maximum atomic E-state index is 13.5. The van der Waals surface area contributed by atoms with Crippen molar-refractivity contribution in [2.24, 2.45) is 0 Å². The van der Waals surface area contributed by atoms with Gasteiger partial charge in [0, 0.05) is 11.1 Å². The Bertz CT molecular complexity index is 957. The maximum Gasteiger partial charge on any atom is 0.230 e. The van der Waals surface area contributed by atoms with E-state index in [1.807, 2.05) is 30.3 Å². The van der Waals surface area contributed by atoms with E-state index in [1.165, 1.54) is 17.4 Å². The van der Waals surface area contributed by atoms with Gasteiger partial charge in [-0.15, -0.1) is 11.3 Å². The monoisotopic (exact) mass is 383 g/mol. The summed E-state index contributed by atoms with van der Waals surface area (Å²) in [6.07, 6.45) is 0.301. The van der Waals surface area contributed by atoms with Gasteiger partial charge in [0.2, 0.25) is 11.8 Å². The van der Waals surface area contributed by atoms with Gasteiger partial charge in [-0.1, -0.05) is 36.4 Å². The highest BCUT2D eigenvalue weighted by Gasteiger charge is 2.11. The number of carbonyl (C=O) groups is 2. The Balaban J connectivity index is 1.53. The van der Waals surface area contributed by atoms with Gasteiger partial charge in [-0.3, -0.25) is 9.59 Å². The lowest BCUT2D eigenvalue weighted by Crippen LogP contribution is -2.16. The minimum absolute atomic E-state index is 0.0422. The maximum absolute atomic E-state index is 13.5. The number of aromatic nitrogens is 1. The Morgan fingerprint density at radius 3 is 2.52 bits per heavy atom. The van der Waals surface area contributed by atoms with E-state index in [9.17, 15) is 14.0 Å². The molecule has 0 aliphatic carbocycles. The van der Waals surface area contributed by atoms with Crippen molar-refractivity contribution in [3.8, 4) is 0 Å². The van der Waals surface area contributed by atoms with Gasteiger partial charge in [0.1, 0.15) is 5.82 Å². The van der Waals surface area contributed by atoms with Crippen LogP contribution < -0.4 is 10.6 Å². The minimum atomic E-state index is -0.370. The summed E-state index contributed by atoms with van der Waals surface area (Å²) in [4.78, 5) is 28.4. The highest BCUT2D eigenvalue weighted by Crippen LogP contribution is 2.18. The summed E-state index contributed by atoms with van der Waals surface area (Å²) in [5.74, 6) is -0.836. The van der Waals surface area contributed by atoms with Crippen LogP contribution >= 0.6 is 11.3 Å². The van der Waals surface area contributed by atoms with Gasteiger partial charge in [-0.2, -0.15) is 0 Å². The normalized spacial score (nSPS) is 10.4. The number of aryl methyl sites for hydroxylation is 1. The van der Waals surface area contributed by atoms with Gasteiger partial charge in [0.25, 0.3) is 0 Å². The molecule has 2 amide bonds. The molecule has 2 N–H and O–H groups in total. The number of nitrogens with one attached hydrogen (secondary N) is 2. The van der Waals surface area contributed by atoms with Crippen LogP contribution in [0.25, 0.3) is 0 Å². The van der Waals surface area contributed by atoms with Crippen LogP contribution in [0.3, 0.4) is 0 Å². The number of nitrogens with zero attached hydrogens (tertiary/aromatic N) is 1. The zero-order valence-corrected chi connectivity index (χ0v) is 15.5. The molecule has 0 fully saturated rings. The van der Waals surface area contributed by atoms with E-state index < -0.39 is 0 Å². The van der Waals surface area contributed by atoms with Crippen LogP contribution in [0, 0.1) is 12.7 Å². The summed E-state index contributed by atoms with van der Waals surface area (Å²) in [5.41, 5.74) is 2.37. The van der Waals surface area contributed by atoms with E-state index in [0.717, 1.165) is 5.56 Å². The average molecular weight is 383 g/mol. The number of anilines is 2. The zero-order chi connectivity index (χ0) is 19.2. The predicted octanol–water partition coefficient (Wildman–Crippen LogP) is 3.95. The lowest BCUT2D eigenvalue weighted by Gasteiger charge is -2.05. The minimum Gasteiger partial charge on any atom is -0.326 e. The van der Waals surface area contributed by atoms with Crippen LogP contribution in [0.5, 0.6) is 0 Å². The molecule has 1 heterocycles. The van der Waals surface area contributed by atoms with Crippen molar-refractivity contribution < 1.29 is 14.0 Å². The molecule has 138 valence electrons. The highest BCUT2D eigenvalue weighted by atomic mass is 32.1. The average Bonchev–Trinajstić information content (AvgIpc) is 3.05. The molecule has 5 nitrogen and oxygen atoms in total. The molecule has 0 unspecified atom stereocenters. The number of rotatable bonds is 6. The van der Waals surface area contributed by atoms with E-state index in [-0.39, 0.29) is 30.5 Å². The van der Waals surface area contributed by atoms with Crippen molar-refractivity contribution in [3.05, 3.63) is 76.5 Å². The summed E-state index contributed by atoms with van der Waals surface area (Å²) in [7, 11) is 0. The second kappa shape index (κ2) is 8.55. The summed E-state index contributed by atoms with van der Waals surface area (Å²) >= 11 is 1.26. The smallest absolute Gasteiger partial charge is 0.230 e. The number of hydrogen-bond donors (Lipinski definition) is 2. The largest absolute Gasteiger partial charge is 0.326 e. The molecule has 0 saturated carbocycles. The molecule has 3 rings (SSSR count). The molecule has 1 aromatic heterocycles. The molecular formula is C20H18FN3O2S. The van der Waals surface area contributed by atoms with Crippen LogP contribution in [0.2, 0.25) is 0 Å². The van der Waals surface area contributed by atoms with Crippen molar-refractivity contribution in [1.82, 2.24) is 4.98 Å². The van der Waals surface area contributed by atoms with Gasteiger partial charge < -0.3 is 10.6 Å². The first-order valence-corrected chi connectivity index (χ1v) is 9.22. The molecule has 7 heteroatoms. The van der Waals surface area contributed by atoms with E-state index >= 15 is 0 Å². The Labute approximate surface area is 160 Å². The first-order chi connectivity index (χ1) is 13.0. The Kier molecular flexibility index (Phi) is 5.93. The third-order valence-corrected chi connectivity index (χ3v) is 4.61. The van der Waals surface area contributed by atoms with Gasteiger partial charge in [-0.25, -0.2) is 9.37 Å². The lowest BCUT2D eigenvalue weighted by molar-refractivity contribution is -0.116. The first-order valence-electron chi connectivity index (χ1n) is 8.34. The summed E-state index contributed by atoms with van der Waals surface area (Å²) in [6, 6.07) is 13.9. The van der Waals surface area contributed by atoms with Gasteiger partial charge in [0.15, 0.2) is 5.13 Å². The van der Waals surface area contributed by atoms with Crippen LogP contribution in [0.1, 0.15) is 16.8 Å². The molecule has 3 aromatic rings. The van der Waals surface area contributed by atoms with Crippen molar-refractivity contribution in [1.29, 1.82) is 0 Å². The van der Waals surface area contributed by atoms with Crippen molar-refractivity contribution in [2.75, 3.05) is 10.6 Å². The van der Waals surface area contributed by atoms with E-state index in [2.05, 4.69) is 15.6 Å². The fourth-order valence-electron chi connectivity index (χ4n) is 2.43. The molecule has 27 heavy (non-hydrogen) atoms. The van der Waals surface area contributed by atoms with E-state index in [1.54, 1.807) is 24.4 Å². The molecule has 0 radical (unpaired) electrons. The fourth-order valence-corrected chi connectivity index (χ4v) is 3.16. The third kappa shape index (κ3) is 5.46. The molecule has 0 aliphatic rings. The summed E-state index contributed by atoms with van der Waals surface area (Å²) < 4.78 is 13.5. The first kappa shape index (κ1) is 18.7. The topological polar surface area (TPSA) is 71.1 Å². The molecule has 0 atom stereocenters. The quantitative estimate of drug-likeness (QED) is 0.677. The molecule has 0 aliphatic heterocycles. The Morgan fingerprint density at radius 1 is 1.04 bits per heavy atom. The Hall–Kier alpha value is -3.06. The Morgan fingerprint density at radius 2 is 1.78 bits per heavy atom. The number of amides is 2. The molecule has 0 saturated heterocycles. The van der Waals surface area contributed by atoms with Crippen LogP contribution in [0.15, 0.2) is 53.9 Å². The van der Waals surface area contributed by atoms with Crippen LogP contribution in [0.4, 0.5) is 15.2 Å². The number of benzene rings is 2. The van der Waals surface area contributed by atoms with E-state index in [4.69, 9.17) is 0 Å². The lowest BCUT2D eigenvalue weighted by atomic mass is 10.1. The molecular weight excluding hydrogens is 365 g/mol. The fraction of sp³-hybridized carbons (Fsp3) is 0.150. The van der Waals surface area contributed by atoms with Gasteiger partial charge in [-0.05, 0) is 30.2 Å². The standard InChI is InChI=1S/C20H18FN3O2S/c1-13-7-8-15(10-17(13)21)22-19(26)11-16-12-27-20(23-16)24-18(25)9-14-5-3-2-4-6-14/h2-8,10,12H,9,11H2,1H3,(H,22,26)(H,23,24,25). The number of halogens is 1. The second-order valence-corrected chi connectivity index (χ2v) is 6.90. The zero-order valence-electron chi connectivity index (χ0n) is 14.7. The van der Waals surface area contributed by atoms with Gasteiger partial charge in [0.05, 0.1) is 18.5 Å². The molecule has 0 spiro atoms. The summed E-state index contributed by atoms with van der Waals surface area (Å²) in [5, 5.41) is 7.53. The number of hydrogen-bond acceptors (Lipinski definition) is 4. The van der Waals surface area contributed by atoms with Crippen LogP contribution in [-0.2, 0) is 22.4 Å². The van der Waals surface area contributed by atoms with Gasteiger partial charge >= 0.3 is 0 Å². The number of thiazole rings is 1. The second-order valence-electron chi connectivity index (χ2n) is 6.04. The van der Waals surface area contributed by atoms with Crippen molar-refractivity contribution in [3.63, 3.8) is 0 Å². The molecule has 0 bridgehead atoms. The SMILES string of the molecule is Cc1ccc(NC(=O)Cc2csc(NC(=O)Cc3ccccc3)n2)cc1F. The third-order valence-electron chi connectivity index (χ3n) is 3.80. The van der Waals surface area contributed by atoms with Crippen molar-refractivity contribution >= 4 is 34.0 Å². The summed E-state index contributed by atoms with van der Waals surface area (Å²) in [6.45, 7) is 1.66. The highest BCUT2D eigenvalue weighted by molar-refractivity contribution is 7.13. The molecule has 2 aromatic carbocycles. The number of carbonyl (C=O) groups excluding carboxylic acids is 2. The van der Waals surface area contributed by atoms with Crippen LogP contribution in [-0.4, -0.2) is 16.8 Å². The van der Waals surface area contributed by atoms with Crippen molar-refractivity contribution in [2.45, 2.75) is 19.8 Å². The predicted molar refractivity (Wildman–Crippen MR) is 104 cm³/mol. The van der Waals surface area contributed by atoms with E-state index in [0.29, 0.717) is 22.1 Å².